The average Bonchev–Trinajstić information content (AvgIpc) is 2.67. The van der Waals surface area contributed by atoms with E-state index < -0.39 is 15.8 Å². The minimum atomic E-state index is -3.96. The molecule has 5 nitrogen and oxygen atoms in total. The number of aryl methyl sites for hydroxylation is 2. The third-order valence-electron chi connectivity index (χ3n) is 2.44. The fourth-order valence-corrected chi connectivity index (χ4v) is 2.71. The van der Waals surface area contributed by atoms with E-state index in [0.717, 1.165) is 6.07 Å². The van der Waals surface area contributed by atoms with Gasteiger partial charge in [0.25, 0.3) is 10.0 Å². The molecule has 1 aromatic heterocycles. The summed E-state index contributed by atoms with van der Waals surface area (Å²) in [6.07, 6.45) is 1.48. The van der Waals surface area contributed by atoms with Gasteiger partial charge in [0.05, 0.1) is 6.20 Å². The predicted octanol–water partition coefficient (Wildman–Crippen LogP) is 1.97. The quantitative estimate of drug-likeness (QED) is 0.894. The average molecular weight is 269 g/mol. The number of anilines is 1. The lowest BCUT2D eigenvalue weighted by atomic mass is 10.2. The Morgan fingerprint density at radius 1 is 1.33 bits per heavy atom. The molecule has 0 bridgehead atoms. The number of nitrogens with zero attached hydrogens (tertiary/aromatic N) is 1. The Hall–Kier alpha value is -1.89. The third kappa shape index (κ3) is 2.35. The van der Waals surface area contributed by atoms with Crippen LogP contribution in [0.15, 0.2) is 29.3 Å². The van der Waals surface area contributed by atoms with Gasteiger partial charge in [-0.3, -0.25) is 9.82 Å². The number of nitrogens with one attached hydrogen (secondary N) is 2. The van der Waals surface area contributed by atoms with Crippen molar-refractivity contribution >= 4 is 15.8 Å². The lowest BCUT2D eigenvalue weighted by molar-refractivity contribution is 0.569. The number of benzene rings is 1. The Bertz CT molecular complexity index is 679. The van der Waals surface area contributed by atoms with Gasteiger partial charge in [0.2, 0.25) is 0 Å². The minimum absolute atomic E-state index is 0.232. The maximum Gasteiger partial charge on any atom is 0.265 e. The van der Waals surface area contributed by atoms with Gasteiger partial charge in [-0.25, -0.2) is 12.8 Å². The maximum absolute atomic E-state index is 13.5. The van der Waals surface area contributed by atoms with E-state index >= 15 is 0 Å². The first-order valence-electron chi connectivity index (χ1n) is 5.19. The lowest BCUT2D eigenvalue weighted by Gasteiger charge is -2.08. The van der Waals surface area contributed by atoms with Crippen molar-refractivity contribution in [2.24, 2.45) is 0 Å². The van der Waals surface area contributed by atoms with Crippen LogP contribution in [0.4, 0.5) is 10.2 Å². The number of sulfonamides is 1. The molecule has 7 heteroatoms. The molecule has 0 aliphatic carbocycles. The van der Waals surface area contributed by atoms with Gasteiger partial charge in [0, 0.05) is 5.56 Å². The van der Waals surface area contributed by atoms with E-state index in [1.807, 2.05) is 0 Å². The monoisotopic (exact) mass is 269 g/mol. The van der Waals surface area contributed by atoms with Crippen LogP contribution >= 0.6 is 0 Å². The maximum atomic E-state index is 13.5. The van der Waals surface area contributed by atoms with E-state index in [2.05, 4.69) is 14.9 Å². The molecule has 0 amide bonds. The van der Waals surface area contributed by atoms with Crippen LogP contribution in [0.3, 0.4) is 0 Å². The second-order valence-electron chi connectivity index (χ2n) is 3.97. The number of aromatic nitrogens is 2. The molecule has 0 unspecified atom stereocenters. The highest BCUT2D eigenvalue weighted by atomic mass is 32.2. The smallest absolute Gasteiger partial charge is 0.263 e. The molecule has 0 fully saturated rings. The van der Waals surface area contributed by atoms with Crippen molar-refractivity contribution in [1.29, 1.82) is 0 Å². The van der Waals surface area contributed by atoms with Gasteiger partial charge < -0.3 is 0 Å². The highest BCUT2D eigenvalue weighted by Gasteiger charge is 2.20. The molecule has 2 rings (SSSR count). The van der Waals surface area contributed by atoms with Gasteiger partial charge in [0.15, 0.2) is 0 Å². The van der Waals surface area contributed by atoms with Crippen LogP contribution in [0.2, 0.25) is 0 Å². The fourth-order valence-electron chi connectivity index (χ4n) is 1.46. The molecule has 18 heavy (non-hydrogen) atoms. The van der Waals surface area contributed by atoms with Gasteiger partial charge in [-0.05, 0) is 31.5 Å². The SMILES string of the molecule is Cc1ccc(F)c(S(=O)(=O)Nc2[nH]ncc2C)c1. The van der Waals surface area contributed by atoms with E-state index in [0.29, 0.717) is 11.1 Å². The van der Waals surface area contributed by atoms with E-state index in [4.69, 9.17) is 0 Å². The van der Waals surface area contributed by atoms with Gasteiger partial charge in [-0.15, -0.1) is 0 Å². The zero-order valence-corrected chi connectivity index (χ0v) is 10.7. The standard InChI is InChI=1S/C11H12FN3O2S/c1-7-3-4-9(12)10(5-7)18(16,17)15-11-8(2)6-13-14-11/h3-6H,1-2H3,(H2,13,14,15). The van der Waals surface area contributed by atoms with Crippen LogP contribution < -0.4 is 4.72 Å². The van der Waals surface area contributed by atoms with Crippen molar-refractivity contribution < 1.29 is 12.8 Å². The fraction of sp³-hybridized carbons (Fsp3) is 0.182. The molecule has 96 valence electrons. The number of hydrogen-bond donors (Lipinski definition) is 2. The van der Waals surface area contributed by atoms with Gasteiger partial charge in [-0.1, -0.05) is 6.07 Å². The molecule has 2 aromatic rings. The van der Waals surface area contributed by atoms with Crippen LogP contribution in [0.5, 0.6) is 0 Å². The first-order valence-corrected chi connectivity index (χ1v) is 6.67. The molecular weight excluding hydrogens is 257 g/mol. The van der Waals surface area contributed by atoms with E-state index in [1.54, 1.807) is 13.8 Å². The summed E-state index contributed by atoms with van der Waals surface area (Å²) in [5, 5.41) is 6.20. The van der Waals surface area contributed by atoms with Crippen LogP contribution in [-0.4, -0.2) is 18.6 Å². The summed E-state index contributed by atoms with van der Waals surface area (Å²) in [6, 6.07) is 3.92. The highest BCUT2D eigenvalue weighted by Crippen LogP contribution is 2.20. The minimum Gasteiger partial charge on any atom is -0.263 e. The number of halogens is 1. The molecule has 0 atom stereocenters. The second kappa shape index (κ2) is 4.41. The first kappa shape index (κ1) is 12.6. The third-order valence-corrected chi connectivity index (χ3v) is 3.81. The second-order valence-corrected chi connectivity index (χ2v) is 5.62. The predicted molar refractivity (Wildman–Crippen MR) is 65.3 cm³/mol. The summed E-state index contributed by atoms with van der Waals surface area (Å²) in [6.45, 7) is 3.38. The summed E-state index contributed by atoms with van der Waals surface area (Å²) < 4.78 is 39.9. The molecule has 0 saturated carbocycles. The Balaban J connectivity index is 2.43. The van der Waals surface area contributed by atoms with Gasteiger partial charge in [0.1, 0.15) is 16.5 Å². The summed E-state index contributed by atoms with van der Waals surface area (Å²) in [4.78, 5) is -0.378. The van der Waals surface area contributed by atoms with E-state index in [-0.39, 0.29) is 10.7 Å². The van der Waals surface area contributed by atoms with Crippen molar-refractivity contribution in [3.05, 3.63) is 41.3 Å². The largest absolute Gasteiger partial charge is 0.265 e. The normalized spacial score (nSPS) is 11.5. The van der Waals surface area contributed by atoms with Crippen LogP contribution in [0.1, 0.15) is 11.1 Å². The molecule has 0 saturated heterocycles. The Morgan fingerprint density at radius 2 is 2.06 bits per heavy atom. The molecule has 0 aliphatic heterocycles. The Morgan fingerprint density at radius 3 is 2.67 bits per heavy atom. The van der Waals surface area contributed by atoms with Crippen molar-refractivity contribution in [3.8, 4) is 0 Å². The molecular formula is C11H12FN3O2S. The zero-order chi connectivity index (χ0) is 13.3. The van der Waals surface area contributed by atoms with Crippen LogP contribution in [-0.2, 0) is 10.0 Å². The molecule has 1 aromatic carbocycles. The van der Waals surface area contributed by atoms with Gasteiger partial charge >= 0.3 is 0 Å². The van der Waals surface area contributed by atoms with Crippen molar-refractivity contribution in [1.82, 2.24) is 10.2 Å². The lowest BCUT2D eigenvalue weighted by Crippen LogP contribution is -2.15. The summed E-state index contributed by atoms with van der Waals surface area (Å²) in [7, 11) is -3.96. The van der Waals surface area contributed by atoms with E-state index in [9.17, 15) is 12.8 Å². The van der Waals surface area contributed by atoms with Crippen molar-refractivity contribution in [2.75, 3.05) is 4.72 Å². The Labute approximate surface area is 104 Å². The summed E-state index contributed by atoms with van der Waals surface area (Å²) in [5.74, 6) is -0.554. The zero-order valence-electron chi connectivity index (χ0n) is 9.86. The van der Waals surface area contributed by atoms with Crippen molar-refractivity contribution in [3.63, 3.8) is 0 Å². The van der Waals surface area contributed by atoms with Crippen LogP contribution in [0.25, 0.3) is 0 Å². The number of hydrogen-bond acceptors (Lipinski definition) is 3. The Kier molecular flexibility index (Phi) is 3.08. The van der Waals surface area contributed by atoms with Gasteiger partial charge in [-0.2, -0.15) is 5.10 Å². The molecule has 1 heterocycles. The summed E-state index contributed by atoms with van der Waals surface area (Å²) >= 11 is 0. The number of H-pyrrole nitrogens is 1. The highest BCUT2D eigenvalue weighted by molar-refractivity contribution is 7.92. The molecule has 0 radical (unpaired) electrons. The van der Waals surface area contributed by atoms with Crippen molar-refractivity contribution in [2.45, 2.75) is 18.7 Å². The number of aromatic amines is 1. The number of rotatable bonds is 3. The molecule has 2 N–H and O–H groups in total. The summed E-state index contributed by atoms with van der Waals surface area (Å²) in [5.41, 5.74) is 1.30. The van der Waals surface area contributed by atoms with E-state index in [1.165, 1.54) is 18.3 Å². The molecule has 0 aliphatic rings. The first-order chi connectivity index (χ1) is 8.40. The van der Waals surface area contributed by atoms with Crippen LogP contribution in [0, 0.1) is 19.7 Å². The topological polar surface area (TPSA) is 74.8 Å². The molecule has 0 spiro atoms.